The number of hydrogen-bond donors (Lipinski definition) is 1. The molecule has 0 saturated carbocycles. The molecule has 1 N–H and O–H groups in total. The fourth-order valence-corrected chi connectivity index (χ4v) is 3.56. The van der Waals surface area contributed by atoms with Crippen LogP contribution in [0.25, 0.3) is 0 Å². The third-order valence-electron chi connectivity index (χ3n) is 2.98. The minimum atomic E-state index is -3.74. The normalized spacial score (nSPS) is 20.8. The lowest BCUT2D eigenvalue weighted by molar-refractivity contribution is 0.148. The van der Waals surface area contributed by atoms with Crippen molar-refractivity contribution in [3.8, 4) is 0 Å². The number of sulfone groups is 1. The van der Waals surface area contributed by atoms with Gasteiger partial charge in [-0.05, 0) is 19.9 Å². The first-order valence-corrected chi connectivity index (χ1v) is 6.65. The van der Waals surface area contributed by atoms with Crippen molar-refractivity contribution in [2.75, 3.05) is 11.9 Å². The zero-order valence-corrected chi connectivity index (χ0v) is 10.3. The molecule has 0 spiro atoms. The summed E-state index contributed by atoms with van der Waals surface area (Å²) >= 11 is 0. The summed E-state index contributed by atoms with van der Waals surface area (Å²) in [4.78, 5) is -0.258. The number of hydrogen-bond acceptors (Lipinski definition) is 3. The van der Waals surface area contributed by atoms with Gasteiger partial charge in [0.05, 0.1) is 15.3 Å². The van der Waals surface area contributed by atoms with Crippen LogP contribution in [-0.4, -0.2) is 19.7 Å². The maximum atomic E-state index is 12.9. The highest BCUT2D eigenvalue weighted by atomic mass is 32.2. The molecule has 1 heterocycles. The summed E-state index contributed by atoms with van der Waals surface area (Å²) < 4.78 is 49.2. The third-order valence-corrected chi connectivity index (χ3v) is 5.57. The summed E-state index contributed by atoms with van der Waals surface area (Å²) in [5.74, 6) is 0. The Kier molecular flexibility index (Phi) is 2.65. The highest BCUT2D eigenvalue weighted by Gasteiger charge is 2.43. The Hall–Kier alpha value is -1.17. The molecule has 3 nitrogen and oxygen atoms in total. The lowest BCUT2D eigenvalue weighted by Crippen LogP contribution is -2.43. The molecule has 6 heteroatoms. The van der Waals surface area contributed by atoms with Crippen molar-refractivity contribution in [2.24, 2.45) is 0 Å². The predicted octanol–water partition coefficient (Wildman–Crippen LogP) is 2.60. The number of nitrogens with one attached hydrogen (secondary N) is 1. The number of halogens is 2. The maximum Gasteiger partial charge on any atom is 0.265 e. The Labute approximate surface area is 98.8 Å². The van der Waals surface area contributed by atoms with Gasteiger partial charge in [-0.1, -0.05) is 12.1 Å². The van der Waals surface area contributed by atoms with Gasteiger partial charge >= 0.3 is 0 Å². The van der Waals surface area contributed by atoms with Gasteiger partial charge in [-0.15, -0.1) is 0 Å². The molecule has 0 atom stereocenters. The van der Waals surface area contributed by atoms with Crippen LogP contribution in [0.2, 0.25) is 0 Å². The Morgan fingerprint density at radius 3 is 2.59 bits per heavy atom. The molecule has 2 rings (SSSR count). The fourth-order valence-electron chi connectivity index (χ4n) is 1.85. The van der Waals surface area contributed by atoms with Crippen LogP contribution in [0.5, 0.6) is 0 Å². The summed E-state index contributed by atoms with van der Waals surface area (Å²) in [7, 11) is -3.74. The molecule has 1 aromatic rings. The van der Waals surface area contributed by atoms with Crippen LogP contribution in [0.3, 0.4) is 0 Å². The van der Waals surface area contributed by atoms with Gasteiger partial charge in [0.1, 0.15) is 0 Å². The summed E-state index contributed by atoms with van der Waals surface area (Å²) in [6.07, 6.45) is -2.80. The second-order valence-corrected chi connectivity index (χ2v) is 7.16. The van der Waals surface area contributed by atoms with E-state index in [0.717, 1.165) is 6.07 Å². The van der Waals surface area contributed by atoms with Crippen molar-refractivity contribution in [1.82, 2.24) is 0 Å². The molecule has 1 aliphatic rings. The Morgan fingerprint density at radius 2 is 2.00 bits per heavy atom. The van der Waals surface area contributed by atoms with Gasteiger partial charge in [0.25, 0.3) is 6.43 Å². The van der Waals surface area contributed by atoms with Crippen LogP contribution in [-0.2, 0) is 9.84 Å². The Balaban J connectivity index is 2.77. The van der Waals surface area contributed by atoms with E-state index in [4.69, 9.17) is 0 Å². The average Bonchev–Trinajstić information content (AvgIpc) is 2.23. The highest BCUT2D eigenvalue weighted by molar-refractivity contribution is 7.93. The maximum absolute atomic E-state index is 12.9. The van der Waals surface area contributed by atoms with Crippen LogP contribution < -0.4 is 5.32 Å². The largest absolute Gasteiger partial charge is 0.382 e. The lowest BCUT2D eigenvalue weighted by atomic mass is 10.1. The number of fused-ring (bicyclic) bond motifs is 1. The van der Waals surface area contributed by atoms with Crippen LogP contribution in [0.15, 0.2) is 23.1 Å². The quantitative estimate of drug-likeness (QED) is 0.845. The van der Waals surface area contributed by atoms with E-state index in [0.29, 0.717) is 0 Å². The van der Waals surface area contributed by atoms with E-state index in [1.807, 2.05) is 0 Å². The van der Waals surface area contributed by atoms with E-state index >= 15 is 0 Å². The van der Waals surface area contributed by atoms with E-state index in [1.54, 1.807) is 0 Å². The van der Waals surface area contributed by atoms with Crippen molar-refractivity contribution in [3.05, 3.63) is 23.8 Å². The number of rotatable bonds is 1. The molecule has 0 radical (unpaired) electrons. The number of alkyl halides is 2. The van der Waals surface area contributed by atoms with Crippen LogP contribution >= 0.6 is 0 Å². The SMILES string of the molecule is CC1(C)CNc2cccc(C(F)F)c2S1(=O)=O. The van der Waals surface area contributed by atoms with Crippen molar-refractivity contribution < 1.29 is 17.2 Å². The monoisotopic (exact) mass is 261 g/mol. The van der Waals surface area contributed by atoms with Gasteiger partial charge < -0.3 is 5.32 Å². The molecule has 1 aliphatic heterocycles. The van der Waals surface area contributed by atoms with Crippen molar-refractivity contribution >= 4 is 15.5 Å². The summed E-state index contributed by atoms with van der Waals surface area (Å²) in [5, 5.41) is 2.89. The van der Waals surface area contributed by atoms with Gasteiger partial charge in [-0.3, -0.25) is 0 Å². The topological polar surface area (TPSA) is 46.2 Å². The fraction of sp³-hybridized carbons (Fsp3) is 0.455. The van der Waals surface area contributed by atoms with Crippen molar-refractivity contribution in [1.29, 1.82) is 0 Å². The molecule has 0 aromatic heterocycles. The average molecular weight is 261 g/mol. The zero-order chi connectivity index (χ0) is 12.8. The molecular formula is C11H13F2NO2S. The molecule has 17 heavy (non-hydrogen) atoms. The minimum Gasteiger partial charge on any atom is -0.382 e. The minimum absolute atomic E-state index is 0.217. The van der Waals surface area contributed by atoms with Gasteiger partial charge in [0.2, 0.25) is 0 Å². The molecule has 0 saturated heterocycles. The van der Waals surface area contributed by atoms with E-state index in [9.17, 15) is 17.2 Å². The van der Waals surface area contributed by atoms with Gasteiger partial charge in [0, 0.05) is 12.1 Å². The van der Waals surface area contributed by atoms with Gasteiger partial charge in [-0.2, -0.15) is 0 Å². The molecule has 0 unspecified atom stereocenters. The van der Waals surface area contributed by atoms with Crippen LogP contribution in [0.1, 0.15) is 25.8 Å². The summed E-state index contributed by atoms with van der Waals surface area (Å²) in [6.45, 7) is 3.27. The Bertz CT molecular complexity index is 553. The first kappa shape index (κ1) is 12.3. The first-order valence-electron chi connectivity index (χ1n) is 5.17. The molecule has 0 bridgehead atoms. The second kappa shape index (κ2) is 3.66. The van der Waals surface area contributed by atoms with Gasteiger partial charge in [0.15, 0.2) is 9.84 Å². The van der Waals surface area contributed by atoms with E-state index < -0.39 is 26.6 Å². The van der Waals surface area contributed by atoms with E-state index in [1.165, 1.54) is 26.0 Å². The zero-order valence-electron chi connectivity index (χ0n) is 9.50. The van der Waals surface area contributed by atoms with Crippen molar-refractivity contribution in [2.45, 2.75) is 29.9 Å². The standard InChI is InChI=1S/C11H13F2NO2S/c1-11(2)6-14-8-5-3-4-7(10(12)13)9(8)17(11,15)16/h3-5,10,14H,6H2,1-2H3. The van der Waals surface area contributed by atoms with Crippen LogP contribution in [0, 0.1) is 0 Å². The van der Waals surface area contributed by atoms with Gasteiger partial charge in [-0.25, -0.2) is 17.2 Å². The van der Waals surface area contributed by atoms with Crippen molar-refractivity contribution in [3.63, 3.8) is 0 Å². The van der Waals surface area contributed by atoms with E-state index in [2.05, 4.69) is 5.32 Å². The molecule has 1 aromatic carbocycles. The summed E-state index contributed by atoms with van der Waals surface area (Å²) in [6, 6.07) is 4.10. The molecule has 0 fully saturated rings. The lowest BCUT2D eigenvalue weighted by Gasteiger charge is -2.33. The summed E-state index contributed by atoms with van der Waals surface area (Å²) in [5.41, 5.74) is -0.162. The predicted molar refractivity (Wildman–Crippen MR) is 61.2 cm³/mol. The smallest absolute Gasteiger partial charge is 0.265 e. The van der Waals surface area contributed by atoms with E-state index in [-0.39, 0.29) is 17.1 Å². The molecule has 94 valence electrons. The number of anilines is 1. The number of benzene rings is 1. The molecule has 0 aliphatic carbocycles. The highest BCUT2D eigenvalue weighted by Crippen LogP contribution is 2.40. The molecule has 0 amide bonds. The second-order valence-electron chi connectivity index (χ2n) is 4.64. The Morgan fingerprint density at radius 1 is 1.35 bits per heavy atom. The first-order chi connectivity index (χ1) is 7.77. The van der Waals surface area contributed by atoms with Crippen LogP contribution in [0.4, 0.5) is 14.5 Å². The third kappa shape index (κ3) is 1.71. The molecular weight excluding hydrogens is 248 g/mol.